The van der Waals surface area contributed by atoms with Crippen LogP contribution in [0.4, 0.5) is 0 Å². The number of halogens is 1. The molecule has 0 radical (unpaired) electrons. The molecule has 4 nitrogen and oxygen atoms in total. The number of sulfone groups is 1. The van der Waals surface area contributed by atoms with Crippen molar-refractivity contribution in [1.29, 1.82) is 0 Å². The van der Waals surface area contributed by atoms with Crippen molar-refractivity contribution in [2.45, 2.75) is 25.8 Å². The van der Waals surface area contributed by atoms with E-state index in [1.54, 1.807) is 11.9 Å². The number of rotatable bonds is 3. The van der Waals surface area contributed by atoms with E-state index in [-0.39, 0.29) is 29.4 Å². The van der Waals surface area contributed by atoms with Gasteiger partial charge in [0.2, 0.25) is 5.91 Å². The van der Waals surface area contributed by atoms with E-state index in [0.717, 1.165) is 10.0 Å². The van der Waals surface area contributed by atoms with Crippen molar-refractivity contribution < 1.29 is 13.2 Å². The van der Waals surface area contributed by atoms with E-state index >= 15 is 0 Å². The molecule has 0 aliphatic carbocycles. The average molecular weight is 374 g/mol. The lowest BCUT2D eigenvalue weighted by atomic mass is 9.99. The Morgan fingerprint density at radius 3 is 2.29 bits per heavy atom. The number of carbonyl (C=O) groups excluding carboxylic acids is 1. The van der Waals surface area contributed by atoms with Gasteiger partial charge in [-0.1, -0.05) is 28.1 Å². The lowest BCUT2D eigenvalue weighted by Crippen LogP contribution is -2.38. The van der Waals surface area contributed by atoms with Gasteiger partial charge < -0.3 is 4.90 Å². The SMILES string of the molecule is CC(c1ccc(Br)cc1)N(C)C(=O)C1CCS(=O)(=O)CC1. The molecule has 1 aromatic rings. The van der Waals surface area contributed by atoms with Gasteiger partial charge in [-0.15, -0.1) is 0 Å². The molecular formula is C15H20BrNO3S. The van der Waals surface area contributed by atoms with E-state index in [0.29, 0.717) is 12.8 Å². The Labute approximate surface area is 134 Å². The van der Waals surface area contributed by atoms with Gasteiger partial charge in [-0.25, -0.2) is 8.42 Å². The molecular weight excluding hydrogens is 354 g/mol. The Morgan fingerprint density at radius 2 is 1.76 bits per heavy atom. The number of hydrogen-bond donors (Lipinski definition) is 0. The molecule has 1 aliphatic rings. The smallest absolute Gasteiger partial charge is 0.225 e. The summed E-state index contributed by atoms with van der Waals surface area (Å²) in [5, 5.41) is 0. The zero-order valence-electron chi connectivity index (χ0n) is 12.3. The quantitative estimate of drug-likeness (QED) is 0.818. The van der Waals surface area contributed by atoms with Crippen LogP contribution in [-0.2, 0) is 14.6 Å². The molecule has 0 aromatic heterocycles. The molecule has 1 heterocycles. The second kappa shape index (κ2) is 6.48. The van der Waals surface area contributed by atoms with E-state index in [9.17, 15) is 13.2 Å². The maximum absolute atomic E-state index is 12.5. The summed E-state index contributed by atoms with van der Waals surface area (Å²) in [6.45, 7) is 1.99. The highest BCUT2D eigenvalue weighted by Crippen LogP contribution is 2.26. The molecule has 21 heavy (non-hydrogen) atoms. The summed E-state index contributed by atoms with van der Waals surface area (Å²) in [4.78, 5) is 14.2. The fourth-order valence-corrected chi connectivity index (χ4v) is 4.34. The monoisotopic (exact) mass is 373 g/mol. The van der Waals surface area contributed by atoms with Gasteiger partial charge in [0.25, 0.3) is 0 Å². The summed E-state index contributed by atoms with van der Waals surface area (Å²) in [6.07, 6.45) is 0.886. The summed E-state index contributed by atoms with van der Waals surface area (Å²) in [7, 11) is -1.14. The minimum Gasteiger partial charge on any atom is -0.339 e. The standard InChI is InChI=1S/C15H20BrNO3S/c1-11(12-3-5-14(16)6-4-12)17(2)15(18)13-7-9-21(19,20)10-8-13/h3-6,11,13H,7-10H2,1-2H3. The van der Waals surface area contributed by atoms with Gasteiger partial charge in [-0.05, 0) is 37.5 Å². The zero-order chi connectivity index (χ0) is 15.6. The Balaban J connectivity index is 2.03. The molecule has 1 aromatic carbocycles. The molecule has 1 amide bonds. The normalized spacial score (nSPS) is 20.0. The fourth-order valence-electron chi connectivity index (χ4n) is 2.58. The van der Waals surface area contributed by atoms with E-state index in [2.05, 4.69) is 15.9 Å². The van der Waals surface area contributed by atoms with Crippen molar-refractivity contribution in [2.24, 2.45) is 5.92 Å². The Morgan fingerprint density at radius 1 is 1.24 bits per heavy atom. The van der Waals surface area contributed by atoms with Gasteiger partial charge in [0, 0.05) is 17.4 Å². The molecule has 1 unspecified atom stereocenters. The van der Waals surface area contributed by atoms with Crippen molar-refractivity contribution in [1.82, 2.24) is 4.90 Å². The predicted octanol–water partition coefficient (Wildman–Crippen LogP) is 2.79. The highest BCUT2D eigenvalue weighted by molar-refractivity contribution is 9.10. The largest absolute Gasteiger partial charge is 0.339 e. The highest BCUT2D eigenvalue weighted by atomic mass is 79.9. The van der Waals surface area contributed by atoms with Crippen LogP contribution in [0.5, 0.6) is 0 Å². The molecule has 0 bridgehead atoms. The van der Waals surface area contributed by atoms with Crippen molar-refractivity contribution >= 4 is 31.7 Å². The first-order valence-corrected chi connectivity index (χ1v) is 9.64. The third kappa shape index (κ3) is 4.07. The molecule has 1 atom stereocenters. The van der Waals surface area contributed by atoms with Gasteiger partial charge in [-0.2, -0.15) is 0 Å². The third-order valence-electron chi connectivity index (χ3n) is 4.18. The number of carbonyl (C=O) groups is 1. The van der Waals surface area contributed by atoms with Crippen LogP contribution in [-0.4, -0.2) is 37.8 Å². The first-order valence-electron chi connectivity index (χ1n) is 7.03. The number of amides is 1. The zero-order valence-corrected chi connectivity index (χ0v) is 14.7. The number of benzene rings is 1. The van der Waals surface area contributed by atoms with Crippen LogP contribution < -0.4 is 0 Å². The molecule has 116 valence electrons. The first-order chi connectivity index (χ1) is 9.80. The van der Waals surface area contributed by atoms with E-state index in [1.807, 2.05) is 31.2 Å². The van der Waals surface area contributed by atoms with Gasteiger partial charge in [-0.3, -0.25) is 4.79 Å². The summed E-state index contributed by atoms with van der Waals surface area (Å²) in [5.41, 5.74) is 1.07. The molecule has 6 heteroatoms. The summed E-state index contributed by atoms with van der Waals surface area (Å²) in [6, 6.07) is 7.87. The van der Waals surface area contributed by atoms with Crippen LogP contribution in [0.1, 0.15) is 31.4 Å². The van der Waals surface area contributed by atoms with Crippen LogP contribution in [0.2, 0.25) is 0 Å². The van der Waals surface area contributed by atoms with Gasteiger partial charge >= 0.3 is 0 Å². The first kappa shape index (κ1) is 16.5. The minimum absolute atomic E-state index is 0.0240. The van der Waals surface area contributed by atoms with Crippen molar-refractivity contribution in [3.05, 3.63) is 34.3 Å². The minimum atomic E-state index is -2.93. The average Bonchev–Trinajstić information content (AvgIpc) is 2.46. The third-order valence-corrected chi connectivity index (χ3v) is 6.43. The van der Waals surface area contributed by atoms with Crippen LogP contribution in [0.3, 0.4) is 0 Å². The summed E-state index contributed by atoms with van der Waals surface area (Å²) < 4.78 is 23.9. The summed E-state index contributed by atoms with van der Waals surface area (Å²) >= 11 is 3.40. The second-order valence-electron chi connectivity index (χ2n) is 5.60. The van der Waals surface area contributed by atoms with E-state index < -0.39 is 9.84 Å². The van der Waals surface area contributed by atoms with Crippen molar-refractivity contribution in [2.75, 3.05) is 18.6 Å². The van der Waals surface area contributed by atoms with Gasteiger partial charge in [0.1, 0.15) is 9.84 Å². The second-order valence-corrected chi connectivity index (χ2v) is 8.82. The Bertz CT molecular complexity index is 598. The molecule has 0 saturated carbocycles. The molecule has 1 saturated heterocycles. The van der Waals surface area contributed by atoms with E-state index in [4.69, 9.17) is 0 Å². The maximum atomic E-state index is 12.5. The van der Waals surface area contributed by atoms with Crippen LogP contribution in [0.25, 0.3) is 0 Å². The Kier molecular flexibility index (Phi) is 5.09. The van der Waals surface area contributed by atoms with E-state index in [1.165, 1.54) is 0 Å². The molecule has 0 N–H and O–H groups in total. The van der Waals surface area contributed by atoms with Crippen LogP contribution in [0.15, 0.2) is 28.7 Å². The Hall–Kier alpha value is -0.880. The number of hydrogen-bond acceptors (Lipinski definition) is 3. The molecule has 2 rings (SSSR count). The van der Waals surface area contributed by atoms with Crippen molar-refractivity contribution in [3.63, 3.8) is 0 Å². The summed E-state index contributed by atoms with van der Waals surface area (Å²) in [5.74, 6) is 0.130. The molecule has 0 spiro atoms. The molecule has 1 aliphatic heterocycles. The number of nitrogens with zero attached hydrogens (tertiary/aromatic N) is 1. The maximum Gasteiger partial charge on any atom is 0.225 e. The van der Waals surface area contributed by atoms with Gasteiger partial charge in [0.05, 0.1) is 17.5 Å². The predicted molar refractivity (Wildman–Crippen MR) is 86.7 cm³/mol. The van der Waals surface area contributed by atoms with Gasteiger partial charge in [0.15, 0.2) is 0 Å². The highest BCUT2D eigenvalue weighted by Gasteiger charge is 2.31. The van der Waals surface area contributed by atoms with Crippen molar-refractivity contribution in [3.8, 4) is 0 Å². The topological polar surface area (TPSA) is 54.5 Å². The van der Waals surface area contributed by atoms with Crippen LogP contribution >= 0.6 is 15.9 Å². The lowest BCUT2D eigenvalue weighted by molar-refractivity contribution is -0.136. The fraction of sp³-hybridized carbons (Fsp3) is 0.533. The molecule has 1 fully saturated rings. The van der Waals surface area contributed by atoms with Crippen LogP contribution in [0, 0.1) is 5.92 Å². The lowest BCUT2D eigenvalue weighted by Gasteiger charge is -2.31.